The highest BCUT2D eigenvalue weighted by Crippen LogP contribution is 2.31. The van der Waals surface area contributed by atoms with Crippen LogP contribution in [0.25, 0.3) is 10.9 Å². The van der Waals surface area contributed by atoms with Crippen molar-refractivity contribution in [2.45, 2.75) is 0 Å². The van der Waals surface area contributed by atoms with Gasteiger partial charge in [-0.05, 0) is 12.1 Å². The maximum absolute atomic E-state index is 12.5. The number of β-amino-alcohol motifs (C(OH)–C–C–N with tert-alkyl or cyclic N) is 1. The van der Waals surface area contributed by atoms with E-state index in [1.165, 1.54) is 12.0 Å². The maximum Gasteiger partial charge on any atom is 0.337 e. The number of rotatable bonds is 5. The Morgan fingerprint density at radius 1 is 1.48 bits per heavy atom. The fraction of sp³-hybridized carbons (Fsp3) is 0.312. The molecule has 0 saturated carbocycles. The molecule has 0 spiro atoms. The Labute approximate surface area is 148 Å². The first kappa shape index (κ1) is 17.2. The molecule has 1 aromatic carbocycles. The van der Waals surface area contributed by atoms with Crippen molar-refractivity contribution in [2.24, 2.45) is 7.05 Å². The molecule has 8 nitrogen and oxygen atoms in total. The molecule has 1 aliphatic heterocycles. The number of aliphatic hydroxyl groups is 1. The van der Waals surface area contributed by atoms with E-state index in [2.05, 4.69) is 10.4 Å². The summed E-state index contributed by atoms with van der Waals surface area (Å²) in [4.78, 5) is 25.9. The third-order valence-electron chi connectivity index (χ3n) is 3.92. The van der Waals surface area contributed by atoms with Crippen LogP contribution in [0.5, 0.6) is 0 Å². The lowest BCUT2D eigenvalue weighted by Crippen LogP contribution is -2.31. The Hall–Kier alpha value is -2.58. The molecule has 2 aromatic rings. The quantitative estimate of drug-likeness (QED) is 0.765. The van der Waals surface area contributed by atoms with Gasteiger partial charge in [-0.3, -0.25) is 9.48 Å². The monoisotopic (exact) mass is 364 g/mol. The number of amides is 1. The average Bonchev–Trinajstić information content (AvgIpc) is 3.08. The fourth-order valence-electron chi connectivity index (χ4n) is 2.75. The predicted molar refractivity (Wildman–Crippen MR) is 92.1 cm³/mol. The minimum absolute atomic E-state index is 0.0706. The SMILES string of the molecule is COC(=O)C1=C(Nc2cc3cn(C)nc3cc2Cl)C(=O)N(CCO)C1. The van der Waals surface area contributed by atoms with Crippen LogP contribution >= 0.6 is 11.6 Å². The number of aromatic nitrogens is 2. The maximum atomic E-state index is 12.5. The number of hydrogen-bond acceptors (Lipinski definition) is 6. The van der Waals surface area contributed by atoms with Crippen LogP contribution in [0.15, 0.2) is 29.6 Å². The Kier molecular flexibility index (Phi) is 4.65. The van der Waals surface area contributed by atoms with E-state index in [4.69, 9.17) is 21.4 Å². The second-order valence-corrected chi connectivity index (χ2v) is 6.02. The molecule has 2 N–H and O–H groups in total. The van der Waals surface area contributed by atoms with Crippen LogP contribution in [0.1, 0.15) is 0 Å². The fourth-order valence-corrected chi connectivity index (χ4v) is 2.95. The zero-order valence-electron chi connectivity index (χ0n) is 13.7. The molecule has 1 amide bonds. The summed E-state index contributed by atoms with van der Waals surface area (Å²) in [6, 6.07) is 3.44. The number of anilines is 1. The van der Waals surface area contributed by atoms with Crippen molar-refractivity contribution in [1.29, 1.82) is 0 Å². The molecule has 0 aliphatic carbocycles. The largest absolute Gasteiger partial charge is 0.466 e. The Morgan fingerprint density at radius 2 is 2.24 bits per heavy atom. The number of methoxy groups -OCH3 is 1. The van der Waals surface area contributed by atoms with Crippen molar-refractivity contribution in [2.75, 3.05) is 32.1 Å². The van der Waals surface area contributed by atoms with Gasteiger partial charge in [-0.2, -0.15) is 5.10 Å². The first-order chi connectivity index (χ1) is 11.9. The van der Waals surface area contributed by atoms with Crippen molar-refractivity contribution in [3.63, 3.8) is 0 Å². The summed E-state index contributed by atoms with van der Waals surface area (Å²) in [6.07, 6.45) is 1.82. The number of nitrogens with zero attached hydrogens (tertiary/aromatic N) is 3. The van der Waals surface area contributed by atoms with Crippen LogP contribution in [-0.4, -0.2) is 58.5 Å². The number of ether oxygens (including phenoxy) is 1. The number of aryl methyl sites for hydroxylation is 1. The Morgan fingerprint density at radius 3 is 2.92 bits per heavy atom. The molecule has 1 aromatic heterocycles. The highest BCUT2D eigenvalue weighted by molar-refractivity contribution is 6.34. The summed E-state index contributed by atoms with van der Waals surface area (Å²) in [6.45, 7) is -0.00307. The smallest absolute Gasteiger partial charge is 0.337 e. The number of hydrogen-bond donors (Lipinski definition) is 2. The second kappa shape index (κ2) is 6.73. The third-order valence-corrected chi connectivity index (χ3v) is 4.23. The normalized spacial score (nSPS) is 14.6. The van der Waals surface area contributed by atoms with E-state index in [1.807, 2.05) is 6.20 Å². The number of benzene rings is 1. The van der Waals surface area contributed by atoms with Gasteiger partial charge in [0.2, 0.25) is 0 Å². The molecule has 0 atom stereocenters. The molecule has 0 unspecified atom stereocenters. The molecule has 132 valence electrons. The second-order valence-electron chi connectivity index (χ2n) is 5.61. The van der Waals surface area contributed by atoms with Crippen molar-refractivity contribution in [1.82, 2.24) is 14.7 Å². The van der Waals surface area contributed by atoms with Crippen molar-refractivity contribution >= 4 is 40.1 Å². The lowest BCUT2D eigenvalue weighted by molar-refractivity contribution is -0.136. The van der Waals surface area contributed by atoms with Gasteiger partial charge in [0.1, 0.15) is 5.70 Å². The lowest BCUT2D eigenvalue weighted by atomic mass is 10.2. The lowest BCUT2D eigenvalue weighted by Gasteiger charge is -2.15. The summed E-state index contributed by atoms with van der Waals surface area (Å²) in [5, 5.41) is 17.5. The van der Waals surface area contributed by atoms with Crippen molar-refractivity contribution in [3.8, 4) is 0 Å². The molecule has 0 fully saturated rings. The van der Waals surface area contributed by atoms with Gasteiger partial charge in [0.15, 0.2) is 0 Å². The van der Waals surface area contributed by atoms with E-state index >= 15 is 0 Å². The molecular formula is C16H17ClN4O4. The van der Waals surface area contributed by atoms with Crippen LogP contribution in [0.2, 0.25) is 5.02 Å². The number of nitrogens with one attached hydrogen (secondary N) is 1. The molecule has 1 aliphatic rings. The number of esters is 1. The standard InChI is InChI=1S/C16H17ClN4O4/c1-20-7-9-5-13(11(17)6-12(9)19-20)18-14-10(16(24)25-2)8-21(3-4-22)15(14)23/h5-7,18,22H,3-4,8H2,1-2H3. The van der Waals surface area contributed by atoms with Gasteiger partial charge in [0.25, 0.3) is 5.91 Å². The molecule has 2 heterocycles. The molecule has 3 rings (SSSR count). The zero-order valence-corrected chi connectivity index (χ0v) is 14.5. The van der Waals surface area contributed by atoms with Crippen LogP contribution in [-0.2, 0) is 21.4 Å². The zero-order chi connectivity index (χ0) is 18.1. The van der Waals surface area contributed by atoms with E-state index < -0.39 is 11.9 Å². The van der Waals surface area contributed by atoms with Gasteiger partial charge >= 0.3 is 5.97 Å². The molecule has 0 saturated heterocycles. The minimum Gasteiger partial charge on any atom is -0.466 e. The van der Waals surface area contributed by atoms with E-state index in [0.29, 0.717) is 10.7 Å². The van der Waals surface area contributed by atoms with Crippen LogP contribution < -0.4 is 5.32 Å². The number of aliphatic hydroxyl groups excluding tert-OH is 1. The Bertz CT molecular complexity index is 890. The molecular weight excluding hydrogens is 348 g/mol. The molecule has 0 radical (unpaired) electrons. The topological polar surface area (TPSA) is 96.7 Å². The predicted octanol–water partition coefficient (Wildman–Crippen LogP) is 0.900. The van der Waals surface area contributed by atoms with Crippen LogP contribution in [0.3, 0.4) is 0 Å². The van der Waals surface area contributed by atoms with Gasteiger partial charge in [-0.1, -0.05) is 11.6 Å². The summed E-state index contributed by atoms with van der Waals surface area (Å²) in [5.41, 5.74) is 1.51. The number of carbonyl (C=O) groups excluding carboxylic acids is 2. The Balaban J connectivity index is 1.99. The number of halogens is 1. The average molecular weight is 365 g/mol. The van der Waals surface area contributed by atoms with Crippen molar-refractivity contribution in [3.05, 3.63) is 34.6 Å². The van der Waals surface area contributed by atoms with E-state index in [-0.39, 0.29) is 31.0 Å². The summed E-state index contributed by atoms with van der Waals surface area (Å²) in [7, 11) is 3.05. The summed E-state index contributed by atoms with van der Waals surface area (Å²) >= 11 is 6.28. The summed E-state index contributed by atoms with van der Waals surface area (Å²) < 4.78 is 6.42. The number of fused-ring (bicyclic) bond motifs is 1. The van der Waals surface area contributed by atoms with Crippen molar-refractivity contribution < 1.29 is 19.4 Å². The van der Waals surface area contributed by atoms with Crippen LogP contribution in [0, 0.1) is 0 Å². The molecule has 9 heteroatoms. The highest BCUT2D eigenvalue weighted by Gasteiger charge is 2.34. The van der Waals surface area contributed by atoms with E-state index in [1.54, 1.807) is 23.9 Å². The summed E-state index contributed by atoms with van der Waals surface area (Å²) in [5.74, 6) is -0.994. The highest BCUT2D eigenvalue weighted by atomic mass is 35.5. The first-order valence-corrected chi connectivity index (χ1v) is 7.94. The third kappa shape index (κ3) is 3.18. The molecule has 25 heavy (non-hydrogen) atoms. The van der Waals surface area contributed by atoms with Gasteiger partial charge in [-0.15, -0.1) is 0 Å². The van der Waals surface area contributed by atoms with Gasteiger partial charge in [-0.25, -0.2) is 4.79 Å². The minimum atomic E-state index is -0.602. The van der Waals surface area contributed by atoms with Gasteiger partial charge in [0, 0.05) is 25.2 Å². The first-order valence-electron chi connectivity index (χ1n) is 7.56. The van der Waals surface area contributed by atoms with Gasteiger partial charge < -0.3 is 20.1 Å². The van der Waals surface area contributed by atoms with E-state index in [0.717, 1.165) is 10.9 Å². The number of carbonyl (C=O) groups is 2. The van der Waals surface area contributed by atoms with Crippen LogP contribution in [0.4, 0.5) is 5.69 Å². The van der Waals surface area contributed by atoms with E-state index in [9.17, 15) is 9.59 Å². The molecule has 0 bridgehead atoms. The van der Waals surface area contributed by atoms with Gasteiger partial charge in [0.05, 0.1) is 42.1 Å².